The van der Waals surface area contributed by atoms with Crippen molar-refractivity contribution in [3.05, 3.63) is 23.3 Å². The van der Waals surface area contributed by atoms with Crippen LogP contribution in [0.15, 0.2) is 12.1 Å². The van der Waals surface area contributed by atoms with E-state index in [1.807, 2.05) is 0 Å². The minimum Gasteiger partial charge on any atom is -0.489 e. The lowest BCUT2D eigenvalue weighted by Crippen LogP contribution is -2.17. The number of hydrogen-bond donors (Lipinski definition) is 0. The van der Waals surface area contributed by atoms with Crippen molar-refractivity contribution < 1.29 is 28.5 Å². The van der Waals surface area contributed by atoms with Crippen LogP contribution in [0.1, 0.15) is 116 Å². The smallest absolute Gasteiger partial charge is 0.342 e. The maximum absolute atomic E-state index is 12.8. The molecule has 0 aromatic heterocycles. The van der Waals surface area contributed by atoms with Gasteiger partial charge in [0.2, 0.25) is 0 Å². The van der Waals surface area contributed by atoms with Crippen LogP contribution in [0.2, 0.25) is 0 Å². The molecule has 0 fully saturated rings. The van der Waals surface area contributed by atoms with E-state index in [0.717, 1.165) is 25.7 Å². The third kappa shape index (κ3) is 11.7. The van der Waals surface area contributed by atoms with Crippen LogP contribution in [0.5, 0.6) is 11.5 Å². The number of hydrogen-bond acceptors (Lipinski definition) is 6. The normalized spacial score (nSPS) is 13.6. The fourth-order valence-electron chi connectivity index (χ4n) is 4.61. The number of benzene rings is 1. The molecule has 2 atom stereocenters. The van der Waals surface area contributed by atoms with E-state index in [0.29, 0.717) is 25.0 Å². The Hall–Kier alpha value is -2.24. The van der Waals surface area contributed by atoms with Crippen molar-refractivity contribution in [3.63, 3.8) is 0 Å². The number of rotatable bonds is 14. The van der Waals surface area contributed by atoms with Gasteiger partial charge < -0.3 is 18.9 Å². The highest BCUT2D eigenvalue weighted by molar-refractivity contribution is 5.99. The molecule has 0 amide bonds. The Morgan fingerprint density at radius 1 is 0.694 bits per heavy atom. The molecule has 0 saturated heterocycles. The summed E-state index contributed by atoms with van der Waals surface area (Å²) in [5, 5.41) is 0. The van der Waals surface area contributed by atoms with E-state index in [1.54, 1.807) is 26.0 Å². The Bertz CT molecular complexity index is 762. The van der Waals surface area contributed by atoms with Gasteiger partial charge in [-0.05, 0) is 74.3 Å². The summed E-state index contributed by atoms with van der Waals surface area (Å²) in [4.78, 5) is 25.5. The molecule has 1 aromatic rings. The molecule has 0 heterocycles. The zero-order valence-electron chi connectivity index (χ0n) is 24.4. The third-order valence-corrected chi connectivity index (χ3v) is 5.74. The van der Waals surface area contributed by atoms with Gasteiger partial charge in [0.1, 0.15) is 11.1 Å². The van der Waals surface area contributed by atoms with E-state index in [1.165, 1.54) is 0 Å². The molecule has 0 aliphatic heterocycles. The molecule has 0 aliphatic rings. The van der Waals surface area contributed by atoms with Crippen LogP contribution in [0, 0.1) is 22.7 Å². The number of carbonyl (C=O) groups excluding carboxylic acids is 2. The first kappa shape index (κ1) is 31.8. The summed E-state index contributed by atoms with van der Waals surface area (Å²) < 4.78 is 22.9. The van der Waals surface area contributed by atoms with E-state index in [4.69, 9.17) is 18.9 Å². The molecule has 6 heteroatoms. The van der Waals surface area contributed by atoms with E-state index < -0.39 is 11.9 Å². The van der Waals surface area contributed by atoms with Gasteiger partial charge in [0.05, 0.1) is 26.4 Å². The van der Waals surface area contributed by atoms with Gasteiger partial charge in [-0.3, -0.25) is 0 Å². The molecule has 2 unspecified atom stereocenters. The van der Waals surface area contributed by atoms with Gasteiger partial charge in [0.15, 0.2) is 11.5 Å². The zero-order valence-corrected chi connectivity index (χ0v) is 24.4. The van der Waals surface area contributed by atoms with Crippen LogP contribution in [-0.2, 0) is 9.47 Å². The van der Waals surface area contributed by atoms with Crippen LogP contribution in [0.4, 0.5) is 0 Å². The van der Waals surface area contributed by atoms with Gasteiger partial charge in [0.25, 0.3) is 0 Å². The van der Waals surface area contributed by atoms with Gasteiger partial charge in [-0.2, -0.15) is 0 Å². The fraction of sp³-hybridized carbons (Fsp3) is 0.733. The molecule has 0 spiro atoms. The molecule has 0 N–H and O–H groups in total. The Morgan fingerprint density at radius 2 is 1.03 bits per heavy atom. The maximum atomic E-state index is 12.8. The monoisotopic (exact) mass is 506 g/mol. The third-order valence-electron chi connectivity index (χ3n) is 5.74. The zero-order chi connectivity index (χ0) is 27.5. The summed E-state index contributed by atoms with van der Waals surface area (Å²) in [6.45, 7) is 22.5. The van der Waals surface area contributed by atoms with Crippen LogP contribution in [0.25, 0.3) is 0 Å². The molecular formula is C30H50O6. The van der Waals surface area contributed by atoms with Crippen LogP contribution < -0.4 is 9.47 Å². The molecule has 1 rings (SSSR count). The molecule has 0 bridgehead atoms. The van der Waals surface area contributed by atoms with Gasteiger partial charge in [-0.15, -0.1) is 0 Å². The second kappa shape index (κ2) is 14.5. The summed E-state index contributed by atoms with van der Waals surface area (Å²) in [7, 11) is 0. The highest BCUT2D eigenvalue weighted by atomic mass is 16.5. The molecule has 1 aromatic carbocycles. The highest BCUT2D eigenvalue weighted by Crippen LogP contribution is 2.38. The lowest BCUT2D eigenvalue weighted by molar-refractivity contribution is 0.0501. The van der Waals surface area contributed by atoms with E-state index in [2.05, 4.69) is 55.4 Å². The van der Waals surface area contributed by atoms with E-state index in [-0.39, 0.29) is 46.7 Å². The summed E-state index contributed by atoms with van der Waals surface area (Å²) in [5.41, 5.74) is 0.951. The SMILES string of the molecule is CCOC(=O)c1ccc(C(=O)OCC)c(OCCC(C)CC(C)(C)C)c1OCCC(C)CC(C)(C)C. The van der Waals surface area contributed by atoms with Crippen molar-refractivity contribution >= 4 is 11.9 Å². The number of carbonyl (C=O) groups is 2. The Labute approximate surface area is 219 Å². The summed E-state index contributed by atoms with van der Waals surface area (Å²) in [5.74, 6) is 0.378. The predicted molar refractivity (Wildman–Crippen MR) is 145 cm³/mol. The first-order valence-corrected chi connectivity index (χ1v) is 13.4. The van der Waals surface area contributed by atoms with Gasteiger partial charge >= 0.3 is 11.9 Å². The summed E-state index contributed by atoms with van der Waals surface area (Å²) in [6, 6.07) is 3.13. The van der Waals surface area contributed by atoms with E-state index >= 15 is 0 Å². The topological polar surface area (TPSA) is 71.1 Å². The van der Waals surface area contributed by atoms with Gasteiger partial charge in [0, 0.05) is 0 Å². The maximum Gasteiger partial charge on any atom is 0.342 e. The highest BCUT2D eigenvalue weighted by Gasteiger charge is 2.27. The number of ether oxygens (including phenoxy) is 4. The molecule has 36 heavy (non-hydrogen) atoms. The predicted octanol–water partition coefficient (Wildman–Crippen LogP) is 7.72. The summed E-state index contributed by atoms with van der Waals surface area (Å²) >= 11 is 0. The fourth-order valence-corrected chi connectivity index (χ4v) is 4.61. The molecule has 0 saturated carbocycles. The average Bonchev–Trinajstić information content (AvgIpc) is 2.71. The first-order chi connectivity index (χ1) is 16.7. The standard InChI is InChI=1S/C30H50O6/c1-11-33-27(31)23-13-14-24(28(32)34-12-2)26(36-18-16-22(4)20-30(8,9)10)25(23)35-17-15-21(3)19-29(5,6)7/h13-14,21-22H,11-12,15-20H2,1-10H3. The summed E-state index contributed by atoms with van der Waals surface area (Å²) in [6.07, 6.45) is 3.73. The Morgan fingerprint density at radius 3 is 1.31 bits per heavy atom. The van der Waals surface area contributed by atoms with Crippen LogP contribution in [0.3, 0.4) is 0 Å². The second-order valence-corrected chi connectivity index (χ2v) is 12.3. The minimum atomic E-state index is -0.503. The quantitative estimate of drug-likeness (QED) is 0.241. The second-order valence-electron chi connectivity index (χ2n) is 12.3. The molecule has 0 aliphatic carbocycles. The van der Waals surface area contributed by atoms with Crippen LogP contribution >= 0.6 is 0 Å². The van der Waals surface area contributed by atoms with Crippen molar-refractivity contribution in [1.82, 2.24) is 0 Å². The minimum absolute atomic E-state index is 0.220. The lowest BCUT2D eigenvalue weighted by atomic mass is 9.84. The van der Waals surface area contributed by atoms with Gasteiger partial charge in [-0.1, -0.05) is 55.4 Å². The Kier molecular flexibility index (Phi) is 12.8. The van der Waals surface area contributed by atoms with Gasteiger partial charge in [-0.25, -0.2) is 9.59 Å². The van der Waals surface area contributed by atoms with Crippen molar-refractivity contribution in [3.8, 4) is 11.5 Å². The van der Waals surface area contributed by atoms with Crippen molar-refractivity contribution in [1.29, 1.82) is 0 Å². The van der Waals surface area contributed by atoms with Crippen molar-refractivity contribution in [2.75, 3.05) is 26.4 Å². The van der Waals surface area contributed by atoms with E-state index in [9.17, 15) is 9.59 Å². The van der Waals surface area contributed by atoms with Crippen molar-refractivity contribution in [2.45, 2.75) is 94.9 Å². The molecule has 6 nitrogen and oxygen atoms in total. The largest absolute Gasteiger partial charge is 0.489 e. The molecular weight excluding hydrogens is 456 g/mol. The first-order valence-electron chi connectivity index (χ1n) is 13.4. The number of esters is 2. The Balaban J connectivity index is 3.27. The van der Waals surface area contributed by atoms with Crippen molar-refractivity contribution in [2.24, 2.45) is 22.7 Å². The van der Waals surface area contributed by atoms with Crippen LogP contribution in [-0.4, -0.2) is 38.4 Å². The molecule has 0 radical (unpaired) electrons. The lowest BCUT2D eigenvalue weighted by Gasteiger charge is -2.25. The average molecular weight is 507 g/mol. The molecule has 206 valence electrons.